The number of ether oxygens (including phenoxy) is 1. The Morgan fingerprint density at radius 3 is 2.60 bits per heavy atom. The average molecular weight is 214 g/mol. The van der Waals surface area contributed by atoms with Crippen LogP contribution in [0.1, 0.15) is 46.5 Å². The molecule has 4 heteroatoms. The van der Waals surface area contributed by atoms with E-state index in [2.05, 4.69) is 0 Å². The number of hydrogen-bond acceptors (Lipinski definition) is 3. The van der Waals surface area contributed by atoms with Crippen molar-refractivity contribution in [1.29, 1.82) is 0 Å². The van der Waals surface area contributed by atoms with Gasteiger partial charge in [-0.3, -0.25) is 4.90 Å². The molecule has 0 saturated carbocycles. The predicted molar refractivity (Wildman–Crippen MR) is 59.4 cm³/mol. The Kier molecular flexibility index (Phi) is 3.97. The highest BCUT2D eigenvalue weighted by molar-refractivity contribution is 5.68. The summed E-state index contributed by atoms with van der Waals surface area (Å²) in [5.74, 6) is 0. The molecule has 1 amide bonds. The van der Waals surface area contributed by atoms with Crippen LogP contribution in [0.15, 0.2) is 0 Å². The van der Waals surface area contributed by atoms with Gasteiger partial charge in [-0.15, -0.1) is 0 Å². The largest absolute Gasteiger partial charge is 0.444 e. The summed E-state index contributed by atoms with van der Waals surface area (Å²) in [6.45, 7) is 6.33. The summed E-state index contributed by atoms with van der Waals surface area (Å²) in [5.41, 5.74) is 5.48. The van der Waals surface area contributed by atoms with Gasteiger partial charge in [0.25, 0.3) is 0 Å². The molecule has 0 aromatic carbocycles. The first kappa shape index (κ1) is 12.3. The summed E-state index contributed by atoms with van der Waals surface area (Å²) in [5, 5.41) is 0. The second-order valence-corrected chi connectivity index (χ2v) is 5.09. The Bertz CT molecular complexity index is 223. The van der Waals surface area contributed by atoms with E-state index in [-0.39, 0.29) is 12.3 Å². The average Bonchev–Trinajstić information content (AvgIpc) is 2.26. The van der Waals surface area contributed by atoms with Gasteiger partial charge in [0.15, 0.2) is 0 Å². The van der Waals surface area contributed by atoms with E-state index < -0.39 is 5.60 Å². The lowest BCUT2D eigenvalue weighted by atomic mass is 10.2. The van der Waals surface area contributed by atoms with Crippen LogP contribution in [0.5, 0.6) is 0 Å². The molecule has 0 spiro atoms. The molecule has 0 aliphatic carbocycles. The third-order valence-corrected chi connectivity index (χ3v) is 2.43. The molecule has 0 radical (unpaired) electrons. The minimum Gasteiger partial charge on any atom is -0.444 e. The monoisotopic (exact) mass is 214 g/mol. The Labute approximate surface area is 91.8 Å². The summed E-state index contributed by atoms with van der Waals surface area (Å²) in [6, 6.07) is 0. The van der Waals surface area contributed by atoms with Crippen LogP contribution >= 0.6 is 0 Å². The topological polar surface area (TPSA) is 55.6 Å². The maximum absolute atomic E-state index is 11.8. The molecule has 1 unspecified atom stereocenters. The van der Waals surface area contributed by atoms with Crippen LogP contribution < -0.4 is 5.73 Å². The normalized spacial score (nSPS) is 23.5. The first-order valence-electron chi connectivity index (χ1n) is 5.65. The molecular weight excluding hydrogens is 192 g/mol. The van der Waals surface area contributed by atoms with Crippen molar-refractivity contribution in [3.8, 4) is 0 Å². The van der Waals surface area contributed by atoms with Crippen LogP contribution in [0.2, 0.25) is 0 Å². The summed E-state index contributed by atoms with van der Waals surface area (Å²) in [6.07, 6.45) is 3.68. The standard InChI is InChI=1S/C11H22N2O2/c1-11(2,3)15-10(14)13-8-6-4-5-7-9(13)12/h9H,4-8,12H2,1-3H3. The molecule has 0 aromatic rings. The molecule has 1 rings (SSSR count). The van der Waals surface area contributed by atoms with Crippen molar-refractivity contribution in [1.82, 2.24) is 4.90 Å². The van der Waals surface area contributed by atoms with Gasteiger partial charge >= 0.3 is 6.09 Å². The van der Waals surface area contributed by atoms with Crippen molar-refractivity contribution in [3.05, 3.63) is 0 Å². The summed E-state index contributed by atoms with van der Waals surface area (Å²) in [4.78, 5) is 13.5. The molecule has 0 bridgehead atoms. The van der Waals surface area contributed by atoms with Crippen molar-refractivity contribution in [2.75, 3.05) is 6.54 Å². The fourth-order valence-corrected chi connectivity index (χ4v) is 1.68. The van der Waals surface area contributed by atoms with Gasteiger partial charge in [0.1, 0.15) is 5.60 Å². The van der Waals surface area contributed by atoms with Gasteiger partial charge in [0.05, 0.1) is 6.17 Å². The second kappa shape index (κ2) is 4.84. The lowest BCUT2D eigenvalue weighted by Gasteiger charge is -2.30. The maximum Gasteiger partial charge on any atom is 0.411 e. The van der Waals surface area contributed by atoms with E-state index in [4.69, 9.17) is 10.5 Å². The molecule has 1 saturated heterocycles. The van der Waals surface area contributed by atoms with E-state index in [0.29, 0.717) is 0 Å². The Balaban J connectivity index is 2.56. The number of carbonyl (C=O) groups is 1. The van der Waals surface area contributed by atoms with Gasteiger partial charge in [-0.25, -0.2) is 4.79 Å². The minimum atomic E-state index is -0.441. The van der Waals surface area contributed by atoms with Gasteiger partial charge in [-0.2, -0.15) is 0 Å². The number of likely N-dealkylation sites (tertiary alicyclic amines) is 1. The zero-order chi connectivity index (χ0) is 11.5. The van der Waals surface area contributed by atoms with Gasteiger partial charge in [0.2, 0.25) is 0 Å². The summed E-state index contributed by atoms with van der Waals surface area (Å²) in [7, 11) is 0. The number of carbonyl (C=O) groups excluding carboxylic acids is 1. The third kappa shape index (κ3) is 4.08. The van der Waals surface area contributed by atoms with Crippen molar-refractivity contribution in [3.63, 3.8) is 0 Å². The number of amides is 1. The highest BCUT2D eigenvalue weighted by Crippen LogP contribution is 2.17. The lowest BCUT2D eigenvalue weighted by molar-refractivity contribution is 0.0172. The van der Waals surface area contributed by atoms with Crippen LogP contribution in [-0.4, -0.2) is 29.3 Å². The quantitative estimate of drug-likeness (QED) is 0.671. The molecule has 1 aliphatic heterocycles. The van der Waals surface area contributed by atoms with E-state index >= 15 is 0 Å². The van der Waals surface area contributed by atoms with Crippen molar-refractivity contribution in [2.45, 2.75) is 58.2 Å². The molecule has 1 heterocycles. The zero-order valence-corrected chi connectivity index (χ0v) is 9.95. The number of hydrogen-bond donors (Lipinski definition) is 1. The molecule has 1 atom stereocenters. The highest BCUT2D eigenvalue weighted by Gasteiger charge is 2.26. The fraction of sp³-hybridized carbons (Fsp3) is 0.909. The van der Waals surface area contributed by atoms with E-state index in [1.807, 2.05) is 20.8 Å². The van der Waals surface area contributed by atoms with E-state index in [1.165, 1.54) is 0 Å². The molecule has 0 aromatic heterocycles. The third-order valence-electron chi connectivity index (χ3n) is 2.43. The lowest BCUT2D eigenvalue weighted by Crippen LogP contribution is -2.47. The number of nitrogens with zero attached hydrogens (tertiary/aromatic N) is 1. The van der Waals surface area contributed by atoms with Crippen molar-refractivity contribution >= 4 is 6.09 Å². The van der Waals surface area contributed by atoms with Crippen LogP contribution in [0.25, 0.3) is 0 Å². The number of nitrogens with two attached hydrogens (primary N) is 1. The maximum atomic E-state index is 11.8. The highest BCUT2D eigenvalue weighted by atomic mass is 16.6. The fourth-order valence-electron chi connectivity index (χ4n) is 1.68. The summed E-state index contributed by atoms with van der Waals surface area (Å²) >= 11 is 0. The van der Waals surface area contributed by atoms with Gasteiger partial charge in [-0.05, 0) is 40.0 Å². The Morgan fingerprint density at radius 2 is 2.00 bits per heavy atom. The smallest absolute Gasteiger partial charge is 0.411 e. The van der Waals surface area contributed by atoms with Gasteiger partial charge in [0, 0.05) is 6.54 Å². The Hall–Kier alpha value is -0.770. The molecule has 2 N–H and O–H groups in total. The predicted octanol–water partition coefficient (Wildman–Crippen LogP) is 2.08. The van der Waals surface area contributed by atoms with Crippen LogP contribution in [0, 0.1) is 0 Å². The first-order valence-corrected chi connectivity index (χ1v) is 5.65. The number of rotatable bonds is 0. The first-order chi connectivity index (χ1) is 6.90. The molecular formula is C11H22N2O2. The molecule has 1 fully saturated rings. The van der Waals surface area contributed by atoms with E-state index in [1.54, 1.807) is 4.90 Å². The second-order valence-electron chi connectivity index (χ2n) is 5.09. The van der Waals surface area contributed by atoms with E-state index in [0.717, 1.165) is 32.2 Å². The van der Waals surface area contributed by atoms with Crippen LogP contribution in [-0.2, 0) is 4.74 Å². The van der Waals surface area contributed by atoms with Gasteiger partial charge < -0.3 is 10.5 Å². The minimum absolute atomic E-state index is 0.178. The molecule has 88 valence electrons. The van der Waals surface area contributed by atoms with Crippen LogP contribution in [0.3, 0.4) is 0 Å². The van der Waals surface area contributed by atoms with Crippen molar-refractivity contribution in [2.24, 2.45) is 5.73 Å². The molecule has 1 aliphatic rings. The van der Waals surface area contributed by atoms with Crippen molar-refractivity contribution < 1.29 is 9.53 Å². The Morgan fingerprint density at radius 1 is 1.33 bits per heavy atom. The van der Waals surface area contributed by atoms with E-state index in [9.17, 15) is 4.79 Å². The molecule has 15 heavy (non-hydrogen) atoms. The SMILES string of the molecule is CC(C)(C)OC(=O)N1CCCCCC1N. The zero-order valence-electron chi connectivity index (χ0n) is 9.95. The van der Waals surface area contributed by atoms with Gasteiger partial charge in [-0.1, -0.05) is 6.42 Å². The van der Waals surface area contributed by atoms with Crippen LogP contribution in [0.4, 0.5) is 4.79 Å². The molecule has 4 nitrogen and oxygen atoms in total. The summed E-state index contributed by atoms with van der Waals surface area (Å²) < 4.78 is 5.31.